The zero-order valence-electron chi connectivity index (χ0n) is 11.0. The van der Waals surface area contributed by atoms with Gasteiger partial charge in [-0.05, 0) is 35.9 Å². The summed E-state index contributed by atoms with van der Waals surface area (Å²) in [5, 5.41) is 9.10. The SMILES string of the molecule is N#Cc1ccc(F)cc1Cn1c(=O)cnc2ccccc21. The first-order valence-electron chi connectivity index (χ1n) is 6.32. The monoisotopic (exact) mass is 279 g/mol. The summed E-state index contributed by atoms with van der Waals surface area (Å²) in [5.41, 5.74) is 1.85. The van der Waals surface area contributed by atoms with Crippen LogP contribution in [0.5, 0.6) is 0 Å². The van der Waals surface area contributed by atoms with Gasteiger partial charge in [0, 0.05) is 0 Å². The van der Waals surface area contributed by atoms with Crippen LogP contribution in [0.1, 0.15) is 11.1 Å². The Morgan fingerprint density at radius 1 is 1.24 bits per heavy atom. The number of hydrogen-bond donors (Lipinski definition) is 0. The van der Waals surface area contributed by atoms with Crippen molar-refractivity contribution < 1.29 is 4.39 Å². The summed E-state index contributed by atoms with van der Waals surface area (Å²) >= 11 is 0. The van der Waals surface area contributed by atoms with Gasteiger partial charge in [-0.15, -0.1) is 0 Å². The van der Waals surface area contributed by atoms with Gasteiger partial charge in [0.25, 0.3) is 5.56 Å². The molecular weight excluding hydrogens is 269 g/mol. The van der Waals surface area contributed by atoms with Crippen LogP contribution in [0.3, 0.4) is 0 Å². The number of para-hydroxylation sites is 2. The predicted octanol–water partition coefficient (Wildman–Crippen LogP) is 2.46. The van der Waals surface area contributed by atoms with E-state index in [2.05, 4.69) is 4.98 Å². The van der Waals surface area contributed by atoms with Gasteiger partial charge in [-0.1, -0.05) is 12.1 Å². The average molecular weight is 279 g/mol. The van der Waals surface area contributed by atoms with Crippen molar-refractivity contribution in [2.24, 2.45) is 0 Å². The van der Waals surface area contributed by atoms with Crippen LogP contribution < -0.4 is 5.56 Å². The molecule has 0 aliphatic carbocycles. The number of benzene rings is 2. The fraction of sp³-hybridized carbons (Fsp3) is 0.0625. The second-order valence-corrected chi connectivity index (χ2v) is 4.58. The normalized spacial score (nSPS) is 10.5. The maximum atomic E-state index is 13.4. The highest BCUT2D eigenvalue weighted by Crippen LogP contribution is 2.15. The van der Waals surface area contributed by atoms with Gasteiger partial charge < -0.3 is 4.57 Å². The van der Waals surface area contributed by atoms with Crippen LogP contribution in [0, 0.1) is 17.1 Å². The van der Waals surface area contributed by atoms with Crippen LogP contribution in [0.4, 0.5) is 4.39 Å². The molecule has 1 aromatic heterocycles. The molecule has 21 heavy (non-hydrogen) atoms. The Morgan fingerprint density at radius 2 is 2.05 bits per heavy atom. The molecule has 3 aromatic rings. The highest BCUT2D eigenvalue weighted by Gasteiger charge is 2.09. The number of aromatic nitrogens is 2. The van der Waals surface area contributed by atoms with E-state index in [1.54, 1.807) is 18.2 Å². The molecule has 0 aliphatic heterocycles. The molecule has 1 heterocycles. The minimum absolute atomic E-state index is 0.127. The zero-order valence-corrected chi connectivity index (χ0v) is 11.0. The molecule has 0 radical (unpaired) electrons. The summed E-state index contributed by atoms with van der Waals surface area (Å²) in [6.07, 6.45) is 1.23. The van der Waals surface area contributed by atoms with Crippen molar-refractivity contribution in [3.05, 3.63) is 76.0 Å². The molecule has 2 aromatic carbocycles. The Hall–Kier alpha value is -3.00. The highest BCUT2D eigenvalue weighted by atomic mass is 19.1. The summed E-state index contributed by atoms with van der Waals surface area (Å²) in [6.45, 7) is 0.127. The summed E-state index contributed by atoms with van der Waals surface area (Å²) in [5.74, 6) is -0.435. The van der Waals surface area contributed by atoms with E-state index in [9.17, 15) is 9.18 Å². The van der Waals surface area contributed by atoms with E-state index in [-0.39, 0.29) is 12.1 Å². The predicted molar refractivity (Wildman–Crippen MR) is 76.2 cm³/mol. The topological polar surface area (TPSA) is 58.7 Å². The van der Waals surface area contributed by atoms with Crippen LogP contribution in [-0.4, -0.2) is 9.55 Å². The van der Waals surface area contributed by atoms with E-state index in [1.807, 2.05) is 12.1 Å². The quantitative estimate of drug-likeness (QED) is 0.724. The second-order valence-electron chi connectivity index (χ2n) is 4.58. The molecule has 0 fully saturated rings. The Balaban J connectivity index is 2.19. The molecule has 3 rings (SSSR count). The van der Waals surface area contributed by atoms with Crippen molar-refractivity contribution >= 4 is 11.0 Å². The van der Waals surface area contributed by atoms with Crippen LogP contribution >= 0.6 is 0 Å². The van der Waals surface area contributed by atoms with Crippen LogP contribution in [-0.2, 0) is 6.54 Å². The Bertz CT molecular complexity index is 925. The molecule has 0 bridgehead atoms. The van der Waals surface area contributed by atoms with Gasteiger partial charge in [0.2, 0.25) is 0 Å². The number of rotatable bonds is 2. The molecule has 0 spiro atoms. The second kappa shape index (κ2) is 5.17. The number of nitrogens with zero attached hydrogens (tertiary/aromatic N) is 3. The Morgan fingerprint density at radius 3 is 2.86 bits per heavy atom. The third-order valence-electron chi connectivity index (χ3n) is 3.27. The largest absolute Gasteiger partial charge is 0.301 e. The maximum Gasteiger partial charge on any atom is 0.269 e. The average Bonchev–Trinajstić information content (AvgIpc) is 2.50. The lowest BCUT2D eigenvalue weighted by Crippen LogP contribution is -2.21. The van der Waals surface area contributed by atoms with Gasteiger partial charge in [-0.2, -0.15) is 5.26 Å². The first kappa shape index (κ1) is 13.0. The van der Waals surface area contributed by atoms with Gasteiger partial charge >= 0.3 is 0 Å². The Kier molecular flexibility index (Phi) is 3.20. The molecule has 0 N–H and O–H groups in total. The van der Waals surface area contributed by atoms with E-state index in [0.717, 1.165) is 0 Å². The van der Waals surface area contributed by atoms with Gasteiger partial charge in [-0.3, -0.25) is 4.79 Å². The molecular formula is C16H10FN3O. The number of nitriles is 1. The number of fused-ring (bicyclic) bond motifs is 1. The molecule has 0 atom stereocenters. The van der Waals surface area contributed by atoms with Crippen LogP contribution in [0.15, 0.2) is 53.5 Å². The van der Waals surface area contributed by atoms with E-state index < -0.39 is 5.82 Å². The van der Waals surface area contributed by atoms with E-state index in [1.165, 1.54) is 29.0 Å². The summed E-state index contributed by atoms with van der Waals surface area (Å²) in [7, 11) is 0. The van der Waals surface area contributed by atoms with Gasteiger partial charge in [-0.25, -0.2) is 9.37 Å². The summed E-state index contributed by atoms with van der Waals surface area (Å²) in [6, 6.07) is 13.1. The van der Waals surface area contributed by atoms with Gasteiger partial charge in [0.05, 0.1) is 35.4 Å². The molecule has 0 saturated heterocycles. The van der Waals surface area contributed by atoms with E-state index in [4.69, 9.17) is 5.26 Å². The number of halogens is 1. The van der Waals surface area contributed by atoms with Gasteiger partial charge in [0.1, 0.15) is 5.82 Å². The molecule has 0 unspecified atom stereocenters. The van der Waals surface area contributed by atoms with E-state index >= 15 is 0 Å². The fourth-order valence-corrected chi connectivity index (χ4v) is 2.25. The third kappa shape index (κ3) is 2.39. The molecule has 4 nitrogen and oxygen atoms in total. The minimum atomic E-state index is -0.435. The standard InChI is InChI=1S/C16H10FN3O/c17-13-6-5-11(8-18)12(7-13)10-20-15-4-2-1-3-14(15)19-9-16(20)21/h1-7,9H,10H2. The number of hydrogen-bond acceptors (Lipinski definition) is 3. The third-order valence-corrected chi connectivity index (χ3v) is 3.27. The Labute approximate surface area is 119 Å². The van der Waals surface area contributed by atoms with Crippen molar-refractivity contribution in [2.75, 3.05) is 0 Å². The van der Waals surface area contributed by atoms with E-state index in [0.29, 0.717) is 22.2 Å². The molecule has 0 amide bonds. The molecule has 5 heteroatoms. The first-order chi connectivity index (χ1) is 10.2. The van der Waals surface area contributed by atoms with Crippen molar-refractivity contribution in [3.8, 4) is 6.07 Å². The smallest absolute Gasteiger partial charge is 0.269 e. The summed E-state index contributed by atoms with van der Waals surface area (Å²) in [4.78, 5) is 16.1. The lowest BCUT2D eigenvalue weighted by molar-refractivity contribution is 0.623. The molecule has 102 valence electrons. The van der Waals surface area contributed by atoms with Crippen molar-refractivity contribution in [2.45, 2.75) is 6.54 Å². The minimum Gasteiger partial charge on any atom is -0.301 e. The van der Waals surface area contributed by atoms with Crippen molar-refractivity contribution in [1.29, 1.82) is 5.26 Å². The lowest BCUT2D eigenvalue weighted by atomic mass is 10.1. The van der Waals surface area contributed by atoms with Crippen LogP contribution in [0.25, 0.3) is 11.0 Å². The zero-order chi connectivity index (χ0) is 14.8. The highest BCUT2D eigenvalue weighted by molar-refractivity contribution is 5.74. The fourth-order valence-electron chi connectivity index (χ4n) is 2.25. The maximum absolute atomic E-state index is 13.4. The van der Waals surface area contributed by atoms with Crippen LogP contribution in [0.2, 0.25) is 0 Å². The first-order valence-corrected chi connectivity index (χ1v) is 6.32. The molecule has 0 aliphatic rings. The summed E-state index contributed by atoms with van der Waals surface area (Å²) < 4.78 is 14.9. The molecule has 0 saturated carbocycles. The lowest BCUT2D eigenvalue weighted by Gasteiger charge is -2.10. The van der Waals surface area contributed by atoms with Gasteiger partial charge in [0.15, 0.2) is 0 Å². The van der Waals surface area contributed by atoms with Crippen molar-refractivity contribution in [3.63, 3.8) is 0 Å². The van der Waals surface area contributed by atoms with Crippen molar-refractivity contribution in [1.82, 2.24) is 9.55 Å².